The number of pyridine rings is 1. The van der Waals surface area contributed by atoms with Crippen molar-refractivity contribution >= 4 is 28.2 Å². The van der Waals surface area contributed by atoms with Gasteiger partial charge in [0, 0.05) is 29.3 Å². The number of hydrogen-bond acceptors (Lipinski definition) is 4. The van der Waals surface area contributed by atoms with Gasteiger partial charge in [0.25, 0.3) is 11.6 Å². The van der Waals surface area contributed by atoms with Gasteiger partial charge in [0.2, 0.25) is 0 Å². The molecule has 24 heavy (non-hydrogen) atoms. The molecule has 0 aliphatic carbocycles. The highest BCUT2D eigenvalue weighted by Gasteiger charge is 2.13. The average Bonchev–Trinajstić information content (AvgIpc) is 2.55. The van der Waals surface area contributed by atoms with Crippen LogP contribution in [0.2, 0.25) is 0 Å². The molecule has 1 amide bonds. The van der Waals surface area contributed by atoms with E-state index in [4.69, 9.17) is 0 Å². The Labute approximate surface area is 138 Å². The molecule has 2 aromatic carbocycles. The lowest BCUT2D eigenvalue weighted by Crippen LogP contribution is -2.12. The number of aromatic nitrogens is 1. The Balaban J connectivity index is 1.99. The standard InChI is InChI=1S/C18H15N3O3/c1-11-8-12(2)17-15(9-11)16(6-7-19-17)20-18(22)13-4-3-5-14(10-13)21(23)24/h3-10H,1-2H3,(H,19,20,22). The summed E-state index contributed by atoms with van der Waals surface area (Å²) in [7, 11) is 0. The first-order valence-electron chi connectivity index (χ1n) is 7.37. The maximum atomic E-state index is 12.4. The highest BCUT2D eigenvalue weighted by atomic mass is 16.6. The molecule has 0 fully saturated rings. The molecule has 0 saturated carbocycles. The highest BCUT2D eigenvalue weighted by molar-refractivity contribution is 6.09. The van der Waals surface area contributed by atoms with E-state index in [2.05, 4.69) is 10.3 Å². The Morgan fingerprint density at radius 2 is 1.96 bits per heavy atom. The van der Waals surface area contributed by atoms with Gasteiger partial charge in [-0.25, -0.2) is 0 Å². The van der Waals surface area contributed by atoms with Crippen LogP contribution < -0.4 is 5.32 Å². The number of nitrogens with one attached hydrogen (secondary N) is 1. The molecule has 3 aromatic rings. The van der Waals surface area contributed by atoms with E-state index in [-0.39, 0.29) is 11.3 Å². The topological polar surface area (TPSA) is 85.1 Å². The summed E-state index contributed by atoms with van der Waals surface area (Å²) in [5, 5.41) is 14.5. The molecule has 0 saturated heterocycles. The smallest absolute Gasteiger partial charge is 0.270 e. The van der Waals surface area contributed by atoms with Crippen LogP contribution in [0.1, 0.15) is 21.5 Å². The van der Waals surface area contributed by atoms with E-state index in [0.717, 1.165) is 22.0 Å². The number of nitro groups is 1. The van der Waals surface area contributed by atoms with E-state index >= 15 is 0 Å². The van der Waals surface area contributed by atoms with Gasteiger partial charge in [0.15, 0.2) is 0 Å². The number of hydrogen-bond donors (Lipinski definition) is 1. The van der Waals surface area contributed by atoms with Gasteiger partial charge in [-0.05, 0) is 37.6 Å². The summed E-state index contributed by atoms with van der Waals surface area (Å²) in [6.07, 6.45) is 1.63. The highest BCUT2D eigenvalue weighted by Crippen LogP contribution is 2.26. The lowest BCUT2D eigenvalue weighted by molar-refractivity contribution is -0.384. The van der Waals surface area contributed by atoms with Crippen molar-refractivity contribution in [3.8, 4) is 0 Å². The molecule has 0 spiro atoms. The van der Waals surface area contributed by atoms with Crippen molar-refractivity contribution in [2.75, 3.05) is 5.32 Å². The first kappa shape index (κ1) is 15.6. The van der Waals surface area contributed by atoms with Crippen molar-refractivity contribution in [1.29, 1.82) is 0 Å². The van der Waals surface area contributed by atoms with Crippen molar-refractivity contribution in [2.24, 2.45) is 0 Å². The van der Waals surface area contributed by atoms with Gasteiger partial charge in [0.1, 0.15) is 0 Å². The molecule has 120 valence electrons. The Bertz CT molecular complexity index is 967. The normalized spacial score (nSPS) is 10.6. The maximum absolute atomic E-state index is 12.4. The van der Waals surface area contributed by atoms with Crippen molar-refractivity contribution in [1.82, 2.24) is 4.98 Å². The summed E-state index contributed by atoms with van der Waals surface area (Å²) in [5.74, 6) is -0.398. The Hall–Kier alpha value is -3.28. The first-order valence-corrected chi connectivity index (χ1v) is 7.37. The fraction of sp³-hybridized carbons (Fsp3) is 0.111. The second-order valence-electron chi connectivity index (χ2n) is 5.60. The molecule has 1 aromatic heterocycles. The predicted octanol–water partition coefficient (Wildman–Crippen LogP) is 4.01. The number of rotatable bonds is 3. The predicted molar refractivity (Wildman–Crippen MR) is 92.3 cm³/mol. The largest absolute Gasteiger partial charge is 0.321 e. The summed E-state index contributed by atoms with van der Waals surface area (Å²) in [5.41, 5.74) is 3.66. The number of amides is 1. The minimum Gasteiger partial charge on any atom is -0.321 e. The third-order valence-corrected chi connectivity index (χ3v) is 3.75. The molecule has 1 heterocycles. The number of anilines is 1. The fourth-order valence-corrected chi connectivity index (χ4v) is 2.68. The SMILES string of the molecule is Cc1cc(C)c2nccc(NC(=O)c3cccc([N+](=O)[O-])c3)c2c1. The molecule has 0 radical (unpaired) electrons. The number of non-ortho nitro benzene ring substituents is 1. The Kier molecular flexibility index (Phi) is 3.95. The third kappa shape index (κ3) is 2.94. The Morgan fingerprint density at radius 3 is 2.71 bits per heavy atom. The summed E-state index contributed by atoms with van der Waals surface area (Å²) >= 11 is 0. The van der Waals surface area contributed by atoms with Crippen LogP contribution in [0.25, 0.3) is 10.9 Å². The van der Waals surface area contributed by atoms with Gasteiger partial charge in [-0.1, -0.05) is 17.7 Å². The van der Waals surface area contributed by atoms with E-state index < -0.39 is 10.8 Å². The molecule has 0 unspecified atom stereocenters. The monoisotopic (exact) mass is 321 g/mol. The molecule has 0 aliphatic heterocycles. The second kappa shape index (κ2) is 6.08. The quantitative estimate of drug-likeness (QED) is 0.583. The minimum absolute atomic E-state index is 0.117. The molecular formula is C18H15N3O3. The molecule has 0 atom stereocenters. The maximum Gasteiger partial charge on any atom is 0.270 e. The van der Waals surface area contributed by atoms with Crippen LogP contribution in [0, 0.1) is 24.0 Å². The lowest BCUT2D eigenvalue weighted by atomic mass is 10.1. The van der Waals surface area contributed by atoms with Gasteiger partial charge < -0.3 is 5.32 Å². The minimum atomic E-state index is -0.522. The van der Waals surface area contributed by atoms with Crippen molar-refractivity contribution < 1.29 is 9.72 Å². The van der Waals surface area contributed by atoms with Crippen LogP contribution in [-0.4, -0.2) is 15.8 Å². The first-order chi connectivity index (χ1) is 11.5. The number of nitrogens with zero attached hydrogens (tertiary/aromatic N) is 2. The zero-order valence-corrected chi connectivity index (χ0v) is 13.2. The molecule has 3 rings (SSSR count). The molecule has 0 aliphatic rings. The van der Waals surface area contributed by atoms with Crippen LogP contribution in [0.3, 0.4) is 0 Å². The van der Waals surface area contributed by atoms with Crippen LogP contribution >= 0.6 is 0 Å². The van der Waals surface area contributed by atoms with Crippen LogP contribution in [0.15, 0.2) is 48.7 Å². The zero-order valence-electron chi connectivity index (χ0n) is 13.2. The van der Waals surface area contributed by atoms with E-state index in [1.54, 1.807) is 18.3 Å². The molecule has 6 heteroatoms. The van der Waals surface area contributed by atoms with E-state index in [1.807, 2.05) is 26.0 Å². The van der Waals surface area contributed by atoms with Crippen LogP contribution in [-0.2, 0) is 0 Å². The Morgan fingerprint density at radius 1 is 1.17 bits per heavy atom. The summed E-state index contributed by atoms with van der Waals surface area (Å²) in [6.45, 7) is 3.94. The number of benzene rings is 2. The van der Waals surface area contributed by atoms with Gasteiger partial charge >= 0.3 is 0 Å². The average molecular weight is 321 g/mol. The number of carbonyl (C=O) groups excluding carboxylic acids is 1. The number of nitro benzene ring substituents is 1. The fourth-order valence-electron chi connectivity index (χ4n) is 2.68. The molecular weight excluding hydrogens is 306 g/mol. The van der Waals surface area contributed by atoms with Gasteiger partial charge in [-0.3, -0.25) is 19.9 Å². The third-order valence-electron chi connectivity index (χ3n) is 3.75. The van der Waals surface area contributed by atoms with Gasteiger partial charge in [-0.15, -0.1) is 0 Å². The van der Waals surface area contributed by atoms with Gasteiger partial charge in [0.05, 0.1) is 16.1 Å². The summed E-state index contributed by atoms with van der Waals surface area (Å²) < 4.78 is 0. The lowest BCUT2D eigenvalue weighted by Gasteiger charge is -2.10. The van der Waals surface area contributed by atoms with Crippen molar-refractivity contribution in [2.45, 2.75) is 13.8 Å². The number of aryl methyl sites for hydroxylation is 2. The number of fused-ring (bicyclic) bond motifs is 1. The summed E-state index contributed by atoms with van der Waals surface area (Å²) in [4.78, 5) is 27.1. The van der Waals surface area contributed by atoms with E-state index in [0.29, 0.717) is 5.69 Å². The van der Waals surface area contributed by atoms with Gasteiger partial charge in [-0.2, -0.15) is 0 Å². The van der Waals surface area contributed by atoms with Crippen LogP contribution in [0.4, 0.5) is 11.4 Å². The van der Waals surface area contributed by atoms with Crippen molar-refractivity contribution in [3.63, 3.8) is 0 Å². The molecule has 6 nitrogen and oxygen atoms in total. The van der Waals surface area contributed by atoms with Crippen molar-refractivity contribution in [3.05, 3.63) is 75.5 Å². The molecule has 1 N–H and O–H groups in total. The molecule has 0 bridgehead atoms. The zero-order chi connectivity index (χ0) is 17.3. The second-order valence-corrected chi connectivity index (χ2v) is 5.60. The number of carbonyl (C=O) groups is 1. The van der Waals surface area contributed by atoms with E-state index in [1.165, 1.54) is 18.2 Å². The van der Waals surface area contributed by atoms with E-state index in [9.17, 15) is 14.9 Å². The van der Waals surface area contributed by atoms with Crippen LogP contribution in [0.5, 0.6) is 0 Å². The summed E-state index contributed by atoms with van der Waals surface area (Å²) in [6, 6.07) is 11.4.